The van der Waals surface area contributed by atoms with Gasteiger partial charge in [-0.2, -0.15) is 0 Å². The number of fused-ring (bicyclic) bond motifs is 1. The van der Waals surface area contributed by atoms with Crippen LogP contribution in [0.3, 0.4) is 0 Å². The van der Waals surface area contributed by atoms with Crippen molar-refractivity contribution in [3.05, 3.63) is 35.5 Å². The molecule has 1 aliphatic rings. The fraction of sp³-hybridized carbons (Fsp3) is 0.500. The molecule has 0 atom stereocenters. The largest absolute Gasteiger partial charge is 0.346 e. The standard InChI is InChI=1S/C16H21ClN2/c17-15-6-5-14-7-9-19(16(14)11-15)10-8-18-12-13-3-1-2-4-13/h5-7,9,11,13,18H,1-4,8,10,12H2. The molecule has 1 aliphatic carbocycles. The third-order valence-electron chi connectivity index (χ3n) is 4.17. The maximum absolute atomic E-state index is 6.07. The fourth-order valence-electron chi connectivity index (χ4n) is 3.07. The van der Waals surface area contributed by atoms with Crippen molar-refractivity contribution in [1.29, 1.82) is 0 Å². The first-order chi connectivity index (χ1) is 9.33. The Morgan fingerprint density at radius 3 is 2.89 bits per heavy atom. The van der Waals surface area contributed by atoms with E-state index in [0.29, 0.717) is 0 Å². The maximum atomic E-state index is 6.07. The van der Waals surface area contributed by atoms with Crippen LogP contribution in [0.2, 0.25) is 5.02 Å². The number of halogens is 1. The van der Waals surface area contributed by atoms with Crippen molar-refractivity contribution in [2.45, 2.75) is 32.2 Å². The van der Waals surface area contributed by atoms with Crippen molar-refractivity contribution in [3.8, 4) is 0 Å². The second kappa shape index (κ2) is 5.98. The molecule has 102 valence electrons. The zero-order valence-electron chi connectivity index (χ0n) is 11.2. The summed E-state index contributed by atoms with van der Waals surface area (Å²) in [7, 11) is 0. The summed E-state index contributed by atoms with van der Waals surface area (Å²) < 4.78 is 2.28. The van der Waals surface area contributed by atoms with Crippen LogP contribution in [-0.2, 0) is 6.54 Å². The highest BCUT2D eigenvalue weighted by Crippen LogP contribution is 2.23. The van der Waals surface area contributed by atoms with E-state index in [1.165, 1.54) is 43.1 Å². The molecule has 2 aromatic rings. The zero-order chi connectivity index (χ0) is 13.1. The SMILES string of the molecule is Clc1ccc2ccn(CCNCC3CCCC3)c2c1. The van der Waals surface area contributed by atoms with Crippen molar-refractivity contribution >= 4 is 22.5 Å². The summed E-state index contributed by atoms with van der Waals surface area (Å²) in [6.45, 7) is 3.23. The second-order valence-electron chi connectivity index (χ2n) is 5.57. The Kier molecular flexibility index (Phi) is 4.09. The van der Waals surface area contributed by atoms with E-state index in [9.17, 15) is 0 Å². The first-order valence-corrected chi connectivity index (χ1v) is 7.66. The van der Waals surface area contributed by atoms with Crippen molar-refractivity contribution < 1.29 is 0 Å². The number of hydrogen-bond acceptors (Lipinski definition) is 1. The molecular weight excluding hydrogens is 256 g/mol. The second-order valence-corrected chi connectivity index (χ2v) is 6.00. The molecule has 0 radical (unpaired) electrons. The van der Waals surface area contributed by atoms with E-state index >= 15 is 0 Å². The van der Waals surface area contributed by atoms with Gasteiger partial charge >= 0.3 is 0 Å². The van der Waals surface area contributed by atoms with Gasteiger partial charge in [-0.1, -0.05) is 30.5 Å². The van der Waals surface area contributed by atoms with Crippen LogP contribution in [0.5, 0.6) is 0 Å². The normalized spacial score (nSPS) is 16.5. The summed E-state index contributed by atoms with van der Waals surface area (Å²) in [6, 6.07) is 8.24. The zero-order valence-corrected chi connectivity index (χ0v) is 12.0. The van der Waals surface area contributed by atoms with Crippen LogP contribution in [0.4, 0.5) is 0 Å². The predicted octanol–water partition coefficient (Wildman–Crippen LogP) is 4.07. The molecular formula is C16H21ClN2. The molecule has 1 aromatic carbocycles. The Balaban J connectivity index is 1.54. The van der Waals surface area contributed by atoms with Gasteiger partial charge in [0.1, 0.15) is 0 Å². The highest BCUT2D eigenvalue weighted by Gasteiger charge is 2.13. The molecule has 0 bridgehead atoms. The quantitative estimate of drug-likeness (QED) is 0.815. The van der Waals surface area contributed by atoms with Crippen molar-refractivity contribution in [2.75, 3.05) is 13.1 Å². The summed E-state index contributed by atoms with van der Waals surface area (Å²) in [6.07, 6.45) is 7.82. The van der Waals surface area contributed by atoms with Gasteiger partial charge in [0.05, 0.1) is 0 Å². The molecule has 3 rings (SSSR count). The molecule has 0 spiro atoms. The summed E-state index contributed by atoms with van der Waals surface area (Å²) >= 11 is 6.07. The van der Waals surface area contributed by atoms with Crippen LogP contribution in [0, 0.1) is 5.92 Å². The molecule has 0 saturated heterocycles. The summed E-state index contributed by atoms with van der Waals surface area (Å²) in [5.41, 5.74) is 1.23. The van der Waals surface area contributed by atoms with Gasteiger partial charge in [0.2, 0.25) is 0 Å². The van der Waals surface area contributed by atoms with Crippen molar-refractivity contribution in [2.24, 2.45) is 5.92 Å². The Hall–Kier alpha value is -0.990. The third kappa shape index (κ3) is 3.13. The fourth-order valence-corrected chi connectivity index (χ4v) is 3.24. The van der Waals surface area contributed by atoms with Crippen molar-refractivity contribution in [1.82, 2.24) is 9.88 Å². The minimum atomic E-state index is 0.811. The summed E-state index contributed by atoms with van der Waals surface area (Å²) in [5, 5.41) is 5.67. The van der Waals surface area contributed by atoms with E-state index in [1.54, 1.807) is 0 Å². The van der Waals surface area contributed by atoms with E-state index < -0.39 is 0 Å². The minimum absolute atomic E-state index is 0.811. The number of hydrogen-bond donors (Lipinski definition) is 1. The predicted molar refractivity (Wildman–Crippen MR) is 81.8 cm³/mol. The van der Waals surface area contributed by atoms with Gasteiger partial charge in [0.25, 0.3) is 0 Å². The molecule has 1 fully saturated rings. The van der Waals surface area contributed by atoms with Gasteiger partial charge in [0.15, 0.2) is 0 Å². The van der Waals surface area contributed by atoms with Gasteiger partial charge in [-0.15, -0.1) is 0 Å². The molecule has 1 aromatic heterocycles. The van der Waals surface area contributed by atoms with Gasteiger partial charge in [0, 0.05) is 29.8 Å². The summed E-state index contributed by atoms with van der Waals surface area (Å²) in [4.78, 5) is 0. The lowest BCUT2D eigenvalue weighted by atomic mass is 10.1. The van der Waals surface area contributed by atoms with E-state index in [0.717, 1.165) is 24.0 Å². The van der Waals surface area contributed by atoms with Crippen LogP contribution in [-0.4, -0.2) is 17.7 Å². The van der Waals surface area contributed by atoms with Gasteiger partial charge in [-0.05, 0) is 48.9 Å². The average molecular weight is 277 g/mol. The number of nitrogens with zero attached hydrogens (tertiary/aromatic N) is 1. The Morgan fingerprint density at radius 1 is 1.21 bits per heavy atom. The van der Waals surface area contributed by atoms with Crippen LogP contribution in [0.25, 0.3) is 10.9 Å². The smallest absolute Gasteiger partial charge is 0.0495 e. The van der Waals surface area contributed by atoms with Crippen molar-refractivity contribution in [3.63, 3.8) is 0 Å². The number of aromatic nitrogens is 1. The van der Waals surface area contributed by atoms with E-state index in [4.69, 9.17) is 11.6 Å². The monoisotopic (exact) mass is 276 g/mol. The van der Waals surface area contributed by atoms with E-state index in [1.807, 2.05) is 12.1 Å². The lowest BCUT2D eigenvalue weighted by Crippen LogP contribution is -2.25. The van der Waals surface area contributed by atoms with E-state index in [-0.39, 0.29) is 0 Å². The molecule has 3 heteroatoms. The van der Waals surface area contributed by atoms with Crippen LogP contribution in [0.15, 0.2) is 30.5 Å². The molecule has 1 heterocycles. The number of rotatable bonds is 5. The highest BCUT2D eigenvalue weighted by atomic mass is 35.5. The Labute approximate surface area is 119 Å². The first kappa shape index (κ1) is 13.0. The Bertz CT molecular complexity index is 541. The Morgan fingerprint density at radius 2 is 2.05 bits per heavy atom. The van der Waals surface area contributed by atoms with E-state index in [2.05, 4.69) is 28.2 Å². The van der Waals surface area contributed by atoms with Gasteiger partial charge in [-0.25, -0.2) is 0 Å². The van der Waals surface area contributed by atoms with Crippen LogP contribution in [0.1, 0.15) is 25.7 Å². The van der Waals surface area contributed by atoms with Crippen LogP contribution < -0.4 is 5.32 Å². The molecule has 0 aliphatic heterocycles. The lowest BCUT2D eigenvalue weighted by molar-refractivity contribution is 0.478. The van der Waals surface area contributed by atoms with Crippen LogP contribution >= 0.6 is 11.6 Å². The number of benzene rings is 1. The first-order valence-electron chi connectivity index (χ1n) is 7.28. The summed E-state index contributed by atoms with van der Waals surface area (Å²) in [5.74, 6) is 0.913. The molecule has 0 amide bonds. The third-order valence-corrected chi connectivity index (χ3v) is 4.41. The minimum Gasteiger partial charge on any atom is -0.346 e. The topological polar surface area (TPSA) is 17.0 Å². The molecule has 19 heavy (non-hydrogen) atoms. The molecule has 1 N–H and O–H groups in total. The molecule has 2 nitrogen and oxygen atoms in total. The molecule has 0 unspecified atom stereocenters. The maximum Gasteiger partial charge on any atom is 0.0495 e. The number of nitrogens with one attached hydrogen (secondary N) is 1. The average Bonchev–Trinajstić information content (AvgIpc) is 3.04. The lowest BCUT2D eigenvalue weighted by Gasteiger charge is -2.11. The molecule has 1 saturated carbocycles. The van der Waals surface area contributed by atoms with Gasteiger partial charge < -0.3 is 9.88 Å². The van der Waals surface area contributed by atoms with Gasteiger partial charge in [-0.3, -0.25) is 0 Å². The highest BCUT2D eigenvalue weighted by molar-refractivity contribution is 6.31.